The average molecular weight is 326 g/mol. The minimum Gasteiger partial charge on any atom is -0.355 e. The number of nitrogens with zero attached hydrogens (tertiary/aromatic N) is 3. The number of rotatable bonds is 9. The molecular weight excluding hydrogens is 292 g/mol. The van der Waals surface area contributed by atoms with Gasteiger partial charge in [-0.25, -0.2) is 0 Å². The molecule has 1 heterocycles. The van der Waals surface area contributed by atoms with Gasteiger partial charge in [0.15, 0.2) is 0 Å². The lowest BCUT2D eigenvalue weighted by molar-refractivity contribution is -0.131. The Balaban J connectivity index is 2.15. The van der Waals surface area contributed by atoms with Crippen molar-refractivity contribution in [2.45, 2.75) is 46.1 Å². The van der Waals surface area contributed by atoms with Gasteiger partial charge in [0.05, 0.1) is 0 Å². The Bertz CT molecular complexity index is 364. The predicted molar refractivity (Wildman–Crippen MR) is 93.3 cm³/mol. The third kappa shape index (κ3) is 7.31. The van der Waals surface area contributed by atoms with Crippen molar-refractivity contribution in [2.24, 2.45) is 0 Å². The van der Waals surface area contributed by atoms with Gasteiger partial charge >= 0.3 is 0 Å². The molecule has 0 aromatic carbocycles. The number of carbonyl (C=O) groups excluding carboxylic acids is 2. The van der Waals surface area contributed by atoms with Crippen molar-refractivity contribution >= 4 is 11.8 Å². The summed E-state index contributed by atoms with van der Waals surface area (Å²) in [5.41, 5.74) is 0. The van der Waals surface area contributed by atoms with Crippen LogP contribution >= 0.6 is 0 Å². The molecule has 6 nitrogen and oxygen atoms in total. The number of hydrogen-bond donors (Lipinski definition) is 1. The third-order valence-electron chi connectivity index (χ3n) is 4.67. The van der Waals surface area contributed by atoms with E-state index in [1.165, 1.54) is 0 Å². The summed E-state index contributed by atoms with van der Waals surface area (Å²) in [7, 11) is 2.14. The fourth-order valence-corrected chi connectivity index (χ4v) is 2.88. The zero-order valence-corrected chi connectivity index (χ0v) is 15.3. The van der Waals surface area contributed by atoms with E-state index in [9.17, 15) is 9.59 Å². The molecule has 2 amide bonds. The number of piperazine rings is 1. The van der Waals surface area contributed by atoms with Gasteiger partial charge in [0.1, 0.15) is 0 Å². The number of nitrogens with one attached hydrogen (secondary N) is 1. The predicted octanol–water partition coefficient (Wildman–Crippen LogP) is 0.777. The Morgan fingerprint density at radius 2 is 1.70 bits per heavy atom. The van der Waals surface area contributed by atoms with Crippen molar-refractivity contribution in [2.75, 3.05) is 52.9 Å². The standard InChI is InChI=1S/C17H34N4O2/c1-5-20(6-2)17(23)9-7-8-16(22)18-14-15(3)21-12-10-19(4)11-13-21/h15H,5-14H2,1-4H3,(H,18,22). The number of carbonyl (C=O) groups is 2. The van der Waals surface area contributed by atoms with E-state index in [1.54, 1.807) is 0 Å². The molecule has 1 aliphatic heterocycles. The van der Waals surface area contributed by atoms with E-state index in [2.05, 4.69) is 29.1 Å². The molecule has 0 aromatic heterocycles. The number of likely N-dealkylation sites (N-methyl/N-ethyl adjacent to an activating group) is 1. The molecule has 1 fully saturated rings. The van der Waals surface area contributed by atoms with E-state index in [4.69, 9.17) is 0 Å². The molecule has 134 valence electrons. The highest BCUT2D eigenvalue weighted by Crippen LogP contribution is 2.05. The van der Waals surface area contributed by atoms with Crippen LogP contribution in [0.25, 0.3) is 0 Å². The van der Waals surface area contributed by atoms with E-state index in [-0.39, 0.29) is 11.8 Å². The minimum atomic E-state index is 0.0540. The van der Waals surface area contributed by atoms with Crippen molar-refractivity contribution in [3.63, 3.8) is 0 Å². The van der Waals surface area contributed by atoms with E-state index in [0.717, 1.165) is 39.3 Å². The van der Waals surface area contributed by atoms with Crippen LogP contribution in [0.3, 0.4) is 0 Å². The van der Waals surface area contributed by atoms with Crippen molar-refractivity contribution < 1.29 is 9.59 Å². The number of amides is 2. The largest absolute Gasteiger partial charge is 0.355 e. The van der Waals surface area contributed by atoms with Gasteiger partial charge in [-0.05, 0) is 34.2 Å². The average Bonchev–Trinajstić information content (AvgIpc) is 2.54. The van der Waals surface area contributed by atoms with Gasteiger partial charge in [-0.2, -0.15) is 0 Å². The lowest BCUT2D eigenvalue weighted by atomic mass is 10.2. The van der Waals surface area contributed by atoms with Crippen LogP contribution in [0.2, 0.25) is 0 Å². The van der Waals surface area contributed by atoms with Crippen LogP contribution in [0.4, 0.5) is 0 Å². The molecule has 0 saturated carbocycles. The fraction of sp³-hybridized carbons (Fsp3) is 0.882. The molecule has 6 heteroatoms. The van der Waals surface area contributed by atoms with Crippen LogP contribution in [0.1, 0.15) is 40.0 Å². The van der Waals surface area contributed by atoms with Gasteiger partial charge in [-0.3, -0.25) is 14.5 Å². The van der Waals surface area contributed by atoms with Gasteiger partial charge in [0.25, 0.3) is 0 Å². The van der Waals surface area contributed by atoms with Gasteiger partial charge in [0.2, 0.25) is 11.8 Å². The summed E-state index contributed by atoms with van der Waals surface area (Å²) in [5.74, 6) is 0.201. The molecule has 1 N–H and O–H groups in total. The van der Waals surface area contributed by atoms with E-state index >= 15 is 0 Å². The molecule has 1 rings (SSSR count). The summed E-state index contributed by atoms with van der Waals surface area (Å²) in [4.78, 5) is 30.3. The molecular formula is C17H34N4O2. The Hall–Kier alpha value is -1.14. The summed E-state index contributed by atoms with van der Waals surface area (Å²) in [6.07, 6.45) is 1.52. The molecule has 0 aromatic rings. The Morgan fingerprint density at radius 1 is 1.09 bits per heavy atom. The molecule has 0 aliphatic carbocycles. The van der Waals surface area contributed by atoms with Crippen molar-refractivity contribution in [1.82, 2.24) is 20.0 Å². The van der Waals surface area contributed by atoms with Crippen molar-refractivity contribution in [3.8, 4) is 0 Å². The van der Waals surface area contributed by atoms with Crippen LogP contribution in [0.15, 0.2) is 0 Å². The summed E-state index contributed by atoms with van der Waals surface area (Å²) in [5, 5.41) is 3.00. The lowest BCUT2D eigenvalue weighted by Crippen LogP contribution is -2.51. The minimum absolute atomic E-state index is 0.0540. The summed E-state index contributed by atoms with van der Waals surface area (Å²) in [6.45, 7) is 12.6. The highest BCUT2D eigenvalue weighted by Gasteiger charge is 2.19. The first-order valence-electron chi connectivity index (χ1n) is 8.95. The summed E-state index contributed by atoms with van der Waals surface area (Å²) >= 11 is 0. The molecule has 1 unspecified atom stereocenters. The van der Waals surface area contributed by atoms with Crippen LogP contribution in [-0.2, 0) is 9.59 Å². The van der Waals surface area contributed by atoms with Gasteiger partial charge in [-0.15, -0.1) is 0 Å². The Morgan fingerprint density at radius 3 is 2.26 bits per heavy atom. The highest BCUT2D eigenvalue weighted by atomic mass is 16.2. The first-order valence-corrected chi connectivity index (χ1v) is 8.95. The second-order valence-corrected chi connectivity index (χ2v) is 6.41. The highest BCUT2D eigenvalue weighted by molar-refractivity contribution is 5.78. The topological polar surface area (TPSA) is 55.9 Å². The summed E-state index contributed by atoms with van der Waals surface area (Å²) in [6, 6.07) is 0.366. The molecule has 0 radical (unpaired) electrons. The molecule has 23 heavy (non-hydrogen) atoms. The molecule has 1 atom stereocenters. The molecule has 0 spiro atoms. The van der Waals surface area contributed by atoms with Gasteiger partial charge in [0, 0.05) is 64.7 Å². The maximum atomic E-state index is 11.9. The van der Waals surface area contributed by atoms with Gasteiger partial charge < -0.3 is 15.1 Å². The smallest absolute Gasteiger partial charge is 0.222 e. The Kier molecular flexibility index (Phi) is 9.17. The van der Waals surface area contributed by atoms with Crippen LogP contribution in [0.5, 0.6) is 0 Å². The van der Waals surface area contributed by atoms with Crippen LogP contribution in [-0.4, -0.2) is 85.4 Å². The maximum absolute atomic E-state index is 11.9. The Labute approximate surface area is 141 Å². The SMILES string of the molecule is CCN(CC)C(=O)CCCC(=O)NCC(C)N1CCN(C)CC1. The molecule has 1 saturated heterocycles. The maximum Gasteiger partial charge on any atom is 0.222 e. The first kappa shape index (κ1) is 19.9. The van der Waals surface area contributed by atoms with Crippen LogP contribution in [0, 0.1) is 0 Å². The fourth-order valence-electron chi connectivity index (χ4n) is 2.88. The normalized spacial score (nSPS) is 17.7. The second kappa shape index (κ2) is 10.6. The zero-order valence-electron chi connectivity index (χ0n) is 15.3. The van der Waals surface area contributed by atoms with Gasteiger partial charge in [-0.1, -0.05) is 0 Å². The van der Waals surface area contributed by atoms with Crippen molar-refractivity contribution in [3.05, 3.63) is 0 Å². The van der Waals surface area contributed by atoms with Crippen LogP contribution < -0.4 is 5.32 Å². The lowest BCUT2D eigenvalue weighted by Gasteiger charge is -2.36. The van der Waals surface area contributed by atoms with E-state index in [0.29, 0.717) is 31.8 Å². The monoisotopic (exact) mass is 326 g/mol. The third-order valence-corrected chi connectivity index (χ3v) is 4.67. The van der Waals surface area contributed by atoms with E-state index in [1.807, 2.05) is 18.7 Å². The van der Waals surface area contributed by atoms with Crippen molar-refractivity contribution in [1.29, 1.82) is 0 Å². The first-order chi connectivity index (χ1) is 11.0. The second-order valence-electron chi connectivity index (χ2n) is 6.41. The molecule has 1 aliphatic rings. The quantitative estimate of drug-likeness (QED) is 0.680. The number of hydrogen-bond acceptors (Lipinski definition) is 4. The summed E-state index contributed by atoms with van der Waals surface area (Å²) < 4.78 is 0. The zero-order chi connectivity index (χ0) is 17.2. The van der Waals surface area contributed by atoms with E-state index < -0.39 is 0 Å². The molecule has 0 bridgehead atoms.